The first kappa shape index (κ1) is 57.0. The predicted molar refractivity (Wildman–Crippen MR) is 288 cm³/mol. The first-order valence-corrected chi connectivity index (χ1v) is 27.7. The van der Waals surface area contributed by atoms with Crippen molar-refractivity contribution in [3.05, 3.63) is 125 Å². The Hall–Kier alpha value is -7.76. The number of anilines is 1. The zero-order chi connectivity index (χ0) is 55.9. The molecule has 5 aromatic carbocycles. The summed E-state index contributed by atoms with van der Waals surface area (Å²) in [4.78, 5) is 41.3. The molecule has 6 aromatic rings. The van der Waals surface area contributed by atoms with Crippen LogP contribution in [0.5, 0.6) is 17.2 Å². The summed E-state index contributed by atoms with van der Waals surface area (Å²) in [5.41, 5.74) is 6.91. The second-order valence-electron chi connectivity index (χ2n) is 20.2. The van der Waals surface area contributed by atoms with Gasteiger partial charge in [0.2, 0.25) is 15.8 Å². The van der Waals surface area contributed by atoms with Crippen LogP contribution in [-0.4, -0.2) is 128 Å². The highest BCUT2D eigenvalue weighted by Gasteiger charge is 2.39. The minimum atomic E-state index is -5.07. The smallest absolute Gasteiger partial charge is 0.410 e. The molecular weight excluding hydrogens is 1030 g/mol. The largest absolute Gasteiger partial charge is 0.497 e. The standard InChI is InChI=1S/C54H65N9O12S2/c1-53(2,3)74-51(65)56-28-30-76(67,68)45-26-25-42(43-11-10-12-44(47(43)55)50(64)57-38-27-29-61(34-38)52(66)75-54(4,5)6)46(49-58-60-63(59-49)33-37-17-23-41(73-9)24-18-37)48(45)77(69,70)62(31-35-13-19-39(71-7)20-14-35)32-36-15-21-40(72-8)22-16-36/h10-26,38H,27-34,55H2,1-9H3,(H,56,65)(H,57,64)/t38-/m0/s1. The van der Waals surface area contributed by atoms with Gasteiger partial charge in [-0.1, -0.05) is 54.6 Å². The number of ether oxygens (including phenoxy) is 5. The first-order chi connectivity index (χ1) is 36.4. The van der Waals surface area contributed by atoms with Crippen molar-refractivity contribution in [3.8, 4) is 39.8 Å². The van der Waals surface area contributed by atoms with E-state index in [1.54, 1.807) is 126 Å². The summed E-state index contributed by atoms with van der Waals surface area (Å²) in [6, 6.07) is 27.2. The number of sulfone groups is 1. The van der Waals surface area contributed by atoms with E-state index in [1.807, 2.05) is 0 Å². The SMILES string of the molecule is COc1ccc(CN(Cc2ccc(OC)cc2)S(=O)(=O)c2c(S(=O)(=O)CCNC(=O)OC(C)(C)C)ccc(-c3cccc(C(=O)N[C@H]4CCN(C(=O)OC(C)(C)C)C4)c3N)c2-c2nnn(Cc3ccc(OC)cc3)n2)cc1. The van der Waals surface area contributed by atoms with Gasteiger partial charge in [-0.15, -0.1) is 10.2 Å². The molecule has 1 atom stereocenters. The third-order valence-electron chi connectivity index (χ3n) is 12.1. The Labute approximate surface area is 448 Å². The molecule has 1 saturated heterocycles. The quantitative estimate of drug-likeness (QED) is 0.0683. The molecule has 1 fully saturated rings. The molecule has 1 aromatic heterocycles. The molecule has 0 aliphatic carbocycles. The van der Waals surface area contributed by atoms with Crippen LogP contribution in [0.4, 0.5) is 15.3 Å². The van der Waals surface area contributed by atoms with Gasteiger partial charge in [-0.05, 0) is 124 Å². The molecule has 23 heteroatoms. The highest BCUT2D eigenvalue weighted by atomic mass is 32.2. The predicted octanol–water partition coefficient (Wildman–Crippen LogP) is 7.09. The summed E-state index contributed by atoms with van der Waals surface area (Å²) in [7, 11) is -5.22. The number of hydrogen-bond acceptors (Lipinski definition) is 16. The van der Waals surface area contributed by atoms with E-state index in [1.165, 1.54) is 43.2 Å². The van der Waals surface area contributed by atoms with E-state index in [9.17, 15) is 14.4 Å². The van der Waals surface area contributed by atoms with Crippen LogP contribution in [-0.2, 0) is 49.0 Å². The average Bonchev–Trinajstić information content (AvgIpc) is 4.05. The third-order valence-corrected chi connectivity index (χ3v) is 15.9. The van der Waals surface area contributed by atoms with Crippen molar-refractivity contribution in [1.29, 1.82) is 0 Å². The number of para-hydroxylation sites is 1. The number of carbonyl (C=O) groups excluding carboxylic acids is 3. The van der Waals surface area contributed by atoms with E-state index in [-0.39, 0.29) is 59.9 Å². The normalized spacial score (nSPS) is 14.0. The lowest BCUT2D eigenvalue weighted by molar-refractivity contribution is 0.0289. The van der Waals surface area contributed by atoms with E-state index in [2.05, 4.69) is 20.9 Å². The lowest BCUT2D eigenvalue weighted by atomic mass is 9.95. The monoisotopic (exact) mass is 1100 g/mol. The fraction of sp³-hybridized carbons (Fsp3) is 0.370. The molecule has 0 spiro atoms. The van der Waals surface area contributed by atoms with Crippen LogP contribution >= 0.6 is 0 Å². The van der Waals surface area contributed by atoms with Crippen molar-refractivity contribution in [1.82, 2.24) is 40.0 Å². The highest BCUT2D eigenvalue weighted by molar-refractivity contribution is 7.93. The van der Waals surface area contributed by atoms with Crippen LogP contribution in [0, 0.1) is 0 Å². The minimum absolute atomic E-state index is 0.00949. The maximum atomic E-state index is 16.2. The summed E-state index contributed by atoms with van der Waals surface area (Å²) in [5.74, 6) is -0.0116. The Bertz CT molecular complexity index is 3250. The second kappa shape index (κ2) is 23.6. The summed E-state index contributed by atoms with van der Waals surface area (Å²) >= 11 is 0. The van der Waals surface area contributed by atoms with Gasteiger partial charge in [0.25, 0.3) is 5.91 Å². The summed E-state index contributed by atoms with van der Waals surface area (Å²) in [6.07, 6.45) is -0.965. The van der Waals surface area contributed by atoms with E-state index >= 15 is 16.8 Å². The summed E-state index contributed by atoms with van der Waals surface area (Å²) in [6.45, 7) is 9.80. The molecule has 0 saturated carbocycles. The number of nitrogens with two attached hydrogens (primary N) is 1. The minimum Gasteiger partial charge on any atom is -0.497 e. The van der Waals surface area contributed by atoms with Crippen LogP contribution in [0.2, 0.25) is 0 Å². The Morgan fingerprint density at radius 1 is 0.727 bits per heavy atom. The number of amides is 3. The fourth-order valence-corrected chi connectivity index (χ4v) is 12.0. The third kappa shape index (κ3) is 14.4. The van der Waals surface area contributed by atoms with Crippen LogP contribution in [0.25, 0.3) is 22.5 Å². The van der Waals surface area contributed by atoms with Crippen molar-refractivity contribution in [2.24, 2.45) is 0 Å². The summed E-state index contributed by atoms with van der Waals surface area (Å²) in [5, 5.41) is 18.9. The molecular formula is C54H65N9O12S2. The van der Waals surface area contributed by atoms with Gasteiger partial charge in [-0.25, -0.2) is 26.4 Å². The van der Waals surface area contributed by atoms with Crippen LogP contribution in [0.15, 0.2) is 113 Å². The number of nitrogens with one attached hydrogen (secondary N) is 2. The van der Waals surface area contributed by atoms with E-state index < -0.39 is 77.3 Å². The van der Waals surface area contributed by atoms with E-state index in [0.29, 0.717) is 41.3 Å². The van der Waals surface area contributed by atoms with Gasteiger partial charge in [0.05, 0.1) is 55.3 Å². The molecule has 4 N–H and O–H groups in total. The molecule has 7 rings (SSSR count). The molecule has 77 heavy (non-hydrogen) atoms. The van der Waals surface area contributed by atoms with Gasteiger partial charge < -0.3 is 45.0 Å². The molecule has 21 nitrogen and oxygen atoms in total. The van der Waals surface area contributed by atoms with Gasteiger partial charge in [0.15, 0.2) is 9.84 Å². The number of hydrogen-bond donors (Lipinski definition) is 3. The van der Waals surface area contributed by atoms with Crippen LogP contribution in [0.3, 0.4) is 0 Å². The first-order valence-electron chi connectivity index (χ1n) is 24.6. The molecule has 1 aliphatic rings. The zero-order valence-electron chi connectivity index (χ0n) is 44.5. The Morgan fingerprint density at radius 3 is 1.83 bits per heavy atom. The van der Waals surface area contributed by atoms with Gasteiger partial charge in [0.1, 0.15) is 33.3 Å². The number of methoxy groups -OCH3 is 3. The summed E-state index contributed by atoms with van der Waals surface area (Å²) < 4.78 is 90.6. The van der Waals surface area contributed by atoms with E-state index in [4.69, 9.17) is 34.5 Å². The number of benzene rings is 5. The second-order valence-corrected chi connectivity index (χ2v) is 24.1. The Morgan fingerprint density at radius 2 is 1.29 bits per heavy atom. The van der Waals surface area contributed by atoms with Crippen molar-refractivity contribution in [2.45, 2.75) is 94.6 Å². The van der Waals surface area contributed by atoms with E-state index in [0.717, 1.165) is 15.9 Å². The molecule has 1 aliphatic heterocycles. The van der Waals surface area contributed by atoms with Crippen molar-refractivity contribution in [2.75, 3.05) is 52.5 Å². The van der Waals surface area contributed by atoms with Crippen LogP contribution < -0.4 is 30.6 Å². The van der Waals surface area contributed by atoms with Gasteiger partial charge in [-0.3, -0.25) is 4.79 Å². The average molecular weight is 1100 g/mol. The Balaban J connectivity index is 1.43. The number of tetrazole rings is 1. The highest BCUT2D eigenvalue weighted by Crippen LogP contribution is 2.44. The van der Waals surface area contributed by atoms with Crippen LogP contribution in [0.1, 0.15) is 75.0 Å². The number of sulfonamides is 1. The van der Waals surface area contributed by atoms with Gasteiger partial charge in [0, 0.05) is 44.3 Å². The van der Waals surface area contributed by atoms with Crippen molar-refractivity contribution in [3.63, 3.8) is 0 Å². The molecule has 3 amide bonds. The van der Waals surface area contributed by atoms with Crippen molar-refractivity contribution < 1.29 is 54.9 Å². The van der Waals surface area contributed by atoms with Gasteiger partial charge >= 0.3 is 12.2 Å². The van der Waals surface area contributed by atoms with Crippen molar-refractivity contribution >= 4 is 43.6 Å². The Kier molecular flexibility index (Phi) is 17.5. The lowest BCUT2D eigenvalue weighted by Crippen LogP contribution is -2.40. The van der Waals surface area contributed by atoms with Gasteiger partial charge in [-0.2, -0.15) is 9.10 Å². The topological polar surface area (TPSA) is 266 Å². The fourth-order valence-electron chi connectivity index (χ4n) is 8.38. The molecule has 0 bridgehead atoms. The lowest BCUT2D eigenvalue weighted by Gasteiger charge is -2.26. The number of nitrogen functional groups attached to an aromatic ring is 1. The number of nitrogens with zero attached hydrogens (tertiary/aromatic N) is 6. The number of alkyl carbamates (subject to hydrolysis) is 1. The number of likely N-dealkylation sites (tertiary alicyclic amines) is 1. The molecule has 0 radical (unpaired) electrons. The molecule has 2 heterocycles. The number of aromatic nitrogens is 4. The number of carbonyl (C=O) groups is 3. The molecule has 0 unspecified atom stereocenters. The number of rotatable bonds is 19. The maximum Gasteiger partial charge on any atom is 0.410 e. The molecule has 410 valence electrons. The zero-order valence-corrected chi connectivity index (χ0v) is 46.2. The maximum absolute atomic E-state index is 16.2.